The number of carbonyl (C=O) groups excluding carboxylic acids is 1. The lowest BCUT2D eigenvalue weighted by Gasteiger charge is -2.34. The summed E-state index contributed by atoms with van der Waals surface area (Å²) in [7, 11) is 0. The standard InChI is InChI=1S/C21H42N6O2/c1-4-22-20(24-19-9-13-27(14-10-19)21(28)29-6-3)23-11-7-8-12-26-17-15-25(5-2)16-18-26/h19H,4-18H2,1-3H3,(H2,22,23,24). The van der Waals surface area contributed by atoms with Crippen LogP contribution < -0.4 is 10.6 Å². The van der Waals surface area contributed by atoms with E-state index in [-0.39, 0.29) is 6.09 Å². The Morgan fingerprint density at radius 2 is 1.69 bits per heavy atom. The van der Waals surface area contributed by atoms with Gasteiger partial charge in [-0.3, -0.25) is 4.99 Å². The van der Waals surface area contributed by atoms with Crippen molar-refractivity contribution >= 4 is 12.1 Å². The number of nitrogens with zero attached hydrogens (tertiary/aromatic N) is 4. The fourth-order valence-electron chi connectivity index (χ4n) is 3.90. The van der Waals surface area contributed by atoms with E-state index in [4.69, 9.17) is 9.73 Å². The van der Waals surface area contributed by atoms with Gasteiger partial charge in [0.2, 0.25) is 0 Å². The predicted molar refractivity (Wildman–Crippen MR) is 119 cm³/mol. The number of likely N-dealkylation sites (N-methyl/N-ethyl adjacent to an activating group) is 1. The highest BCUT2D eigenvalue weighted by Crippen LogP contribution is 2.11. The molecule has 2 N–H and O–H groups in total. The Morgan fingerprint density at radius 3 is 2.31 bits per heavy atom. The average molecular weight is 411 g/mol. The highest BCUT2D eigenvalue weighted by molar-refractivity contribution is 5.80. The van der Waals surface area contributed by atoms with Crippen LogP contribution in [0.1, 0.15) is 46.5 Å². The predicted octanol–water partition coefficient (Wildman–Crippen LogP) is 1.58. The van der Waals surface area contributed by atoms with Gasteiger partial charge in [0.05, 0.1) is 6.61 Å². The molecule has 1 amide bonds. The van der Waals surface area contributed by atoms with E-state index in [2.05, 4.69) is 34.3 Å². The van der Waals surface area contributed by atoms with Gasteiger partial charge in [-0.1, -0.05) is 6.92 Å². The third-order valence-electron chi connectivity index (χ3n) is 5.77. The van der Waals surface area contributed by atoms with Crippen LogP contribution in [-0.2, 0) is 4.74 Å². The molecule has 8 nitrogen and oxygen atoms in total. The Labute approximate surface area is 177 Å². The normalized spacial score (nSPS) is 20.0. The lowest BCUT2D eigenvalue weighted by Crippen LogP contribution is -2.50. The van der Waals surface area contributed by atoms with Crippen LogP contribution in [0.5, 0.6) is 0 Å². The molecule has 2 fully saturated rings. The van der Waals surface area contributed by atoms with E-state index in [0.717, 1.165) is 51.4 Å². The van der Waals surface area contributed by atoms with E-state index in [1.807, 2.05) is 6.92 Å². The Morgan fingerprint density at radius 1 is 1.00 bits per heavy atom. The first-order valence-electron chi connectivity index (χ1n) is 11.6. The number of unbranched alkanes of at least 4 members (excludes halogenated alkanes) is 1. The first-order valence-corrected chi connectivity index (χ1v) is 11.6. The minimum Gasteiger partial charge on any atom is -0.450 e. The Bertz CT molecular complexity index is 486. The lowest BCUT2D eigenvalue weighted by atomic mass is 10.1. The number of likely N-dealkylation sites (tertiary alicyclic amines) is 1. The largest absolute Gasteiger partial charge is 0.450 e. The molecule has 0 bridgehead atoms. The number of carbonyl (C=O) groups is 1. The molecule has 0 aromatic heterocycles. The molecular weight excluding hydrogens is 368 g/mol. The second-order valence-electron chi connectivity index (χ2n) is 7.85. The van der Waals surface area contributed by atoms with Crippen LogP contribution in [0, 0.1) is 0 Å². The van der Waals surface area contributed by atoms with Gasteiger partial charge in [0.15, 0.2) is 5.96 Å². The molecule has 0 atom stereocenters. The molecule has 29 heavy (non-hydrogen) atoms. The van der Waals surface area contributed by atoms with Gasteiger partial charge in [-0.15, -0.1) is 0 Å². The van der Waals surface area contributed by atoms with Gasteiger partial charge in [-0.2, -0.15) is 0 Å². The molecule has 2 heterocycles. The molecule has 2 aliphatic rings. The van der Waals surface area contributed by atoms with Crippen molar-refractivity contribution in [2.45, 2.75) is 52.5 Å². The zero-order valence-corrected chi connectivity index (χ0v) is 18.8. The molecule has 0 unspecified atom stereocenters. The van der Waals surface area contributed by atoms with Crippen LogP contribution in [0.25, 0.3) is 0 Å². The molecule has 8 heteroatoms. The van der Waals surface area contributed by atoms with Gasteiger partial charge < -0.3 is 30.1 Å². The molecule has 2 saturated heterocycles. The molecule has 168 valence electrons. The molecular formula is C21H42N6O2. The minimum absolute atomic E-state index is 0.192. The van der Waals surface area contributed by atoms with Crippen LogP contribution in [0.15, 0.2) is 4.99 Å². The number of piperidine rings is 1. The summed E-state index contributed by atoms with van der Waals surface area (Å²) in [6.07, 6.45) is 3.97. The van der Waals surface area contributed by atoms with E-state index in [0.29, 0.717) is 12.6 Å². The number of piperazine rings is 1. The number of nitrogens with one attached hydrogen (secondary N) is 2. The molecule has 2 rings (SSSR count). The summed E-state index contributed by atoms with van der Waals surface area (Å²) in [5, 5.41) is 6.90. The summed E-state index contributed by atoms with van der Waals surface area (Å²) in [6.45, 7) is 17.0. The number of guanidine groups is 1. The van der Waals surface area contributed by atoms with Crippen molar-refractivity contribution in [1.29, 1.82) is 0 Å². The van der Waals surface area contributed by atoms with Crippen molar-refractivity contribution in [3.63, 3.8) is 0 Å². The van der Waals surface area contributed by atoms with E-state index in [9.17, 15) is 4.79 Å². The summed E-state index contributed by atoms with van der Waals surface area (Å²) in [5.41, 5.74) is 0. The molecule has 2 aliphatic heterocycles. The fourth-order valence-corrected chi connectivity index (χ4v) is 3.90. The van der Waals surface area contributed by atoms with Gasteiger partial charge in [-0.25, -0.2) is 4.79 Å². The second kappa shape index (κ2) is 13.6. The van der Waals surface area contributed by atoms with Crippen LogP contribution >= 0.6 is 0 Å². The Kier molecular flexibility index (Phi) is 11.2. The molecule has 0 aromatic carbocycles. The average Bonchev–Trinajstić information content (AvgIpc) is 2.74. The Hall–Kier alpha value is -1.54. The van der Waals surface area contributed by atoms with Crippen molar-refractivity contribution in [2.24, 2.45) is 4.99 Å². The third kappa shape index (κ3) is 8.78. The van der Waals surface area contributed by atoms with Crippen molar-refractivity contribution in [2.75, 3.05) is 72.1 Å². The smallest absolute Gasteiger partial charge is 0.409 e. The maximum absolute atomic E-state index is 11.8. The number of ether oxygens (including phenoxy) is 1. The van der Waals surface area contributed by atoms with E-state index in [1.165, 1.54) is 45.7 Å². The first kappa shape index (κ1) is 23.7. The number of hydrogen-bond acceptors (Lipinski definition) is 5. The second-order valence-corrected chi connectivity index (χ2v) is 7.85. The minimum atomic E-state index is -0.192. The zero-order chi connectivity index (χ0) is 20.9. The lowest BCUT2D eigenvalue weighted by molar-refractivity contribution is 0.0963. The van der Waals surface area contributed by atoms with Gasteiger partial charge in [-0.05, 0) is 52.6 Å². The molecule has 0 radical (unpaired) electrons. The first-order chi connectivity index (χ1) is 14.2. The Balaban J connectivity index is 1.63. The van der Waals surface area contributed by atoms with Crippen LogP contribution in [0.2, 0.25) is 0 Å². The summed E-state index contributed by atoms with van der Waals surface area (Å²) >= 11 is 0. The quantitative estimate of drug-likeness (QED) is 0.342. The fraction of sp³-hybridized carbons (Fsp3) is 0.905. The van der Waals surface area contributed by atoms with Crippen LogP contribution in [0.3, 0.4) is 0 Å². The number of aliphatic imine (C=N–C) groups is 1. The molecule has 0 aromatic rings. The number of rotatable bonds is 9. The summed E-state index contributed by atoms with van der Waals surface area (Å²) < 4.78 is 5.09. The topological polar surface area (TPSA) is 72.4 Å². The van der Waals surface area contributed by atoms with Crippen molar-refractivity contribution in [1.82, 2.24) is 25.3 Å². The summed E-state index contributed by atoms with van der Waals surface area (Å²) in [5.74, 6) is 0.902. The van der Waals surface area contributed by atoms with Crippen molar-refractivity contribution in [3.8, 4) is 0 Å². The maximum atomic E-state index is 11.8. The van der Waals surface area contributed by atoms with Crippen LogP contribution in [0.4, 0.5) is 4.79 Å². The van der Waals surface area contributed by atoms with Gasteiger partial charge in [0, 0.05) is 58.4 Å². The molecule has 0 spiro atoms. The highest BCUT2D eigenvalue weighted by Gasteiger charge is 2.24. The molecule has 0 saturated carbocycles. The van der Waals surface area contributed by atoms with E-state index >= 15 is 0 Å². The van der Waals surface area contributed by atoms with E-state index in [1.54, 1.807) is 4.90 Å². The third-order valence-corrected chi connectivity index (χ3v) is 5.77. The zero-order valence-electron chi connectivity index (χ0n) is 18.8. The van der Waals surface area contributed by atoms with Crippen molar-refractivity contribution < 1.29 is 9.53 Å². The maximum Gasteiger partial charge on any atom is 0.409 e. The monoisotopic (exact) mass is 410 g/mol. The SMILES string of the molecule is CCNC(=NCCCCN1CCN(CC)CC1)NC1CCN(C(=O)OCC)CC1. The van der Waals surface area contributed by atoms with Crippen molar-refractivity contribution in [3.05, 3.63) is 0 Å². The van der Waals surface area contributed by atoms with Crippen LogP contribution in [-0.4, -0.2) is 105 Å². The van der Waals surface area contributed by atoms with Gasteiger partial charge in [0.1, 0.15) is 0 Å². The van der Waals surface area contributed by atoms with Gasteiger partial charge >= 0.3 is 6.09 Å². The summed E-state index contributed by atoms with van der Waals surface area (Å²) in [4.78, 5) is 23.5. The number of hydrogen-bond donors (Lipinski definition) is 2. The highest BCUT2D eigenvalue weighted by atomic mass is 16.6. The summed E-state index contributed by atoms with van der Waals surface area (Å²) in [6, 6.07) is 0.355. The van der Waals surface area contributed by atoms with Gasteiger partial charge in [0.25, 0.3) is 0 Å². The molecule has 0 aliphatic carbocycles. The van der Waals surface area contributed by atoms with E-state index < -0.39 is 0 Å². The number of amides is 1.